The fourth-order valence-corrected chi connectivity index (χ4v) is 1.42. The maximum atomic E-state index is 12.8. The third-order valence-electron chi connectivity index (χ3n) is 2.13. The van der Waals surface area contributed by atoms with Crippen molar-refractivity contribution in [3.05, 3.63) is 35.7 Å². The molecular weight excluding hydrogens is 201 g/mol. The lowest BCUT2D eigenvalue weighted by Crippen LogP contribution is -2.23. The van der Waals surface area contributed by atoms with Crippen LogP contribution >= 0.6 is 0 Å². The zero-order valence-corrected chi connectivity index (χ0v) is 7.48. The van der Waals surface area contributed by atoms with Crippen LogP contribution in [0, 0.1) is 5.92 Å². The van der Waals surface area contributed by atoms with Gasteiger partial charge in [0.05, 0.1) is 5.71 Å². The van der Waals surface area contributed by atoms with E-state index in [0.717, 1.165) is 6.08 Å². The van der Waals surface area contributed by atoms with E-state index in [9.17, 15) is 14.0 Å². The molecule has 0 saturated carbocycles. The number of nitrogens with zero attached hydrogens (tertiary/aromatic N) is 1. The van der Waals surface area contributed by atoms with Gasteiger partial charge in [0.15, 0.2) is 0 Å². The Labute approximate surface area is 84.1 Å². The Kier molecular flexibility index (Phi) is 2.07. The minimum absolute atomic E-state index is 0.241. The zero-order chi connectivity index (χ0) is 11.0. The fourth-order valence-electron chi connectivity index (χ4n) is 1.42. The Morgan fingerprint density at radius 1 is 1.53 bits per heavy atom. The molecule has 1 aliphatic heterocycles. The van der Waals surface area contributed by atoms with Crippen LogP contribution in [0.15, 0.2) is 40.7 Å². The van der Waals surface area contributed by atoms with Gasteiger partial charge in [-0.1, -0.05) is 12.2 Å². The van der Waals surface area contributed by atoms with Crippen molar-refractivity contribution in [3.8, 4) is 0 Å². The van der Waals surface area contributed by atoms with Crippen molar-refractivity contribution in [3.63, 3.8) is 0 Å². The molecule has 2 rings (SSSR count). The van der Waals surface area contributed by atoms with E-state index < -0.39 is 23.6 Å². The highest BCUT2D eigenvalue weighted by atomic mass is 19.1. The summed E-state index contributed by atoms with van der Waals surface area (Å²) < 4.78 is 12.8. The van der Waals surface area contributed by atoms with Crippen LogP contribution in [-0.4, -0.2) is 22.7 Å². The van der Waals surface area contributed by atoms with Gasteiger partial charge < -0.3 is 5.11 Å². The number of carboxylic acids is 1. The van der Waals surface area contributed by atoms with Crippen LogP contribution in [0.2, 0.25) is 0 Å². The number of allylic oxidation sites excluding steroid dienone is 5. The lowest BCUT2D eigenvalue weighted by molar-refractivity contribution is -0.134. The average Bonchev–Trinajstić information content (AvgIpc) is 2.15. The van der Waals surface area contributed by atoms with Gasteiger partial charge in [0, 0.05) is 5.92 Å². The molecule has 0 spiro atoms. The first kappa shape index (κ1) is 9.51. The van der Waals surface area contributed by atoms with Gasteiger partial charge in [-0.3, -0.25) is 4.79 Å². The number of carbonyl (C=O) groups excluding carboxylic acids is 1. The second kappa shape index (κ2) is 3.27. The van der Waals surface area contributed by atoms with E-state index >= 15 is 0 Å². The number of carbonyl (C=O) groups is 2. The predicted molar refractivity (Wildman–Crippen MR) is 50.0 cm³/mol. The first-order valence-corrected chi connectivity index (χ1v) is 4.21. The van der Waals surface area contributed by atoms with Gasteiger partial charge in [-0.05, 0) is 12.2 Å². The number of hydrogen-bond donors (Lipinski definition) is 1. The van der Waals surface area contributed by atoms with Gasteiger partial charge in [-0.15, -0.1) is 0 Å². The summed E-state index contributed by atoms with van der Waals surface area (Å²) in [7, 11) is 0. The number of aliphatic imine (C=N–C) groups is 1. The summed E-state index contributed by atoms with van der Waals surface area (Å²) in [6.07, 6.45) is 5.07. The SMILES string of the molecule is O=C(O)C1=CC2C=CC(F)=CC2=NC1=O. The van der Waals surface area contributed by atoms with Crippen molar-refractivity contribution in [2.45, 2.75) is 0 Å². The molecule has 0 bridgehead atoms. The van der Waals surface area contributed by atoms with Crippen molar-refractivity contribution >= 4 is 17.6 Å². The number of dihydropyridines is 1. The number of carboxylic acid groups (broad SMARTS) is 1. The van der Waals surface area contributed by atoms with Crippen molar-refractivity contribution in [1.29, 1.82) is 0 Å². The van der Waals surface area contributed by atoms with E-state index in [2.05, 4.69) is 4.99 Å². The number of aliphatic carboxylic acids is 1. The molecule has 1 aliphatic carbocycles. The summed E-state index contributed by atoms with van der Waals surface area (Å²) in [5.74, 6) is -3.07. The Morgan fingerprint density at radius 3 is 2.93 bits per heavy atom. The van der Waals surface area contributed by atoms with E-state index in [-0.39, 0.29) is 11.3 Å². The number of hydrogen-bond acceptors (Lipinski definition) is 2. The normalized spacial score (nSPS) is 23.9. The molecule has 0 fully saturated rings. The zero-order valence-electron chi connectivity index (χ0n) is 7.48. The molecule has 1 heterocycles. The topological polar surface area (TPSA) is 66.7 Å². The van der Waals surface area contributed by atoms with Gasteiger partial charge >= 0.3 is 5.97 Å². The highest BCUT2D eigenvalue weighted by molar-refractivity contribution is 6.23. The van der Waals surface area contributed by atoms with E-state index in [1.165, 1.54) is 18.2 Å². The second-order valence-electron chi connectivity index (χ2n) is 3.14. The maximum absolute atomic E-state index is 12.8. The monoisotopic (exact) mass is 207 g/mol. The lowest BCUT2D eigenvalue weighted by Gasteiger charge is -2.16. The van der Waals surface area contributed by atoms with Gasteiger partial charge in [0.1, 0.15) is 11.4 Å². The highest BCUT2D eigenvalue weighted by Crippen LogP contribution is 2.22. The van der Waals surface area contributed by atoms with E-state index in [1.807, 2.05) is 0 Å². The van der Waals surface area contributed by atoms with Crippen molar-refractivity contribution in [2.24, 2.45) is 10.9 Å². The Balaban J connectivity index is 2.41. The molecule has 15 heavy (non-hydrogen) atoms. The van der Waals surface area contributed by atoms with Gasteiger partial charge in [-0.2, -0.15) is 0 Å². The molecule has 4 nitrogen and oxygen atoms in total. The molecule has 1 unspecified atom stereocenters. The van der Waals surface area contributed by atoms with Gasteiger partial charge in [0.2, 0.25) is 0 Å². The molecular formula is C10H6FNO3. The molecule has 0 saturated heterocycles. The summed E-state index contributed by atoms with van der Waals surface area (Å²) in [4.78, 5) is 25.3. The Bertz CT molecular complexity index is 471. The molecule has 0 aromatic rings. The molecule has 2 aliphatic rings. The van der Waals surface area contributed by atoms with Crippen LogP contribution in [0.5, 0.6) is 0 Å². The van der Waals surface area contributed by atoms with Crippen LogP contribution in [0.3, 0.4) is 0 Å². The van der Waals surface area contributed by atoms with Crippen molar-refractivity contribution in [1.82, 2.24) is 0 Å². The molecule has 1 atom stereocenters. The smallest absolute Gasteiger partial charge is 0.341 e. The Morgan fingerprint density at radius 2 is 2.27 bits per heavy atom. The molecule has 0 aromatic heterocycles. The number of amides is 1. The highest BCUT2D eigenvalue weighted by Gasteiger charge is 2.27. The largest absolute Gasteiger partial charge is 0.478 e. The van der Waals surface area contributed by atoms with Crippen LogP contribution in [-0.2, 0) is 9.59 Å². The first-order valence-electron chi connectivity index (χ1n) is 4.21. The second-order valence-corrected chi connectivity index (χ2v) is 3.14. The van der Waals surface area contributed by atoms with Crippen molar-refractivity contribution < 1.29 is 19.1 Å². The Hall–Kier alpha value is -2.04. The molecule has 0 radical (unpaired) electrons. The average molecular weight is 207 g/mol. The molecule has 5 heteroatoms. The first-order chi connectivity index (χ1) is 7.08. The van der Waals surface area contributed by atoms with Crippen LogP contribution in [0.4, 0.5) is 4.39 Å². The fraction of sp³-hybridized carbons (Fsp3) is 0.100. The van der Waals surface area contributed by atoms with E-state index in [1.54, 1.807) is 0 Å². The lowest BCUT2D eigenvalue weighted by atomic mass is 9.92. The predicted octanol–water partition coefficient (Wildman–Crippen LogP) is 1.02. The summed E-state index contributed by atoms with van der Waals surface area (Å²) in [5.41, 5.74) is -0.130. The van der Waals surface area contributed by atoms with Crippen LogP contribution < -0.4 is 0 Å². The minimum Gasteiger partial charge on any atom is -0.478 e. The van der Waals surface area contributed by atoms with Crippen LogP contribution in [0.1, 0.15) is 0 Å². The number of halogens is 1. The summed E-state index contributed by atoms with van der Waals surface area (Å²) in [6.45, 7) is 0. The van der Waals surface area contributed by atoms with E-state index in [4.69, 9.17) is 5.11 Å². The van der Waals surface area contributed by atoms with Gasteiger partial charge in [-0.25, -0.2) is 14.2 Å². The molecule has 1 amide bonds. The van der Waals surface area contributed by atoms with Gasteiger partial charge in [0.25, 0.3) is 5.91 Å². The van der Waals surface area contributed by atoms with E-state index in [0.29, 0.717) is 0 Å². The molecule has 0 aromatic carbocycles. The summed E-state index contributed by atoms with van der Waals surface area (Å²) >= 11 is 0. The van der Waals surface area contributed by atoms with Crippen molar-refractivity contribution in [2.75, 3.05) is 0 Å². The quantitative estimate of drug-likeness (QED) is 0.652. The number of rotatable bonds is 1. The summed E-state index contributed by atoms with van der Waals surface area (Å²) in [5, 5.41) is 8.68. The minimum atomic E-state index is -1.31. The molecule has 1 N–H and O–H groups in total. The third-order valence-corrected chi connectivity index (χ3v) is 2.13. The maximum Gasteiger partial charge on any atom is 0.341 e. The summed E-state index contributed by atoms with van der Waals surface area (Å²) in [6, 6.07) is 0. The number of fused-ring (bicyclic) bond motifs is 1. The third kappa shape index (κ3) is 1.63. The standard InChI is InChI=1S/C10H6FNO3/c11-6-2-1-5-3-7(10(14)15)9(13)12-8(5)4-6/h1-5H,(H,14,15). The van der Waals surface area contributed by atoms with Crippen LogP contribution in [0.25, 0.3) is 0 Å². The molecule has 76 valence electrons.